The molecule has 3 nitrogen and oxygen atoms in total. The third-order valence-corrected chi connectivity index (χ3v) is 3.63. The molecule has 2 N–H and O–H groups in total. The van der Waals surface area contributed by atoms with E-state index < -0.39 is 0 Å². The highest BCUT2D eigenvalue weighted by molar-refractivity contribution is 5.80. The molecule has 0 spiro atoms. The highest BCUT2D eigenvalue weighted by Gasteiger charge is 2.39. The van der Waals surface area contributed by atoms with Crippen molar-refractivity contribution in [3.8, 4) is 0 Å². The Labute approximate surface area is 93.0 Å². The van der Waals surface area contributed by atoms with Crippen LogP contribution in [0.3, 0.4) is 0 Å². The number of carbonyl (C=O) groups is 1. The van der Waals surface area contributed by atoms with Gasteiger partial charge in [-0.15, -0.1) is 0 Å². The zero-order valence-electron chi connectivity index (χ0n) is 10.3. The molecule has 1 rings (SSSR count). The smallest absolute Gasteiger partial charge is 0.227 e. The number of rotatable bonds is 3. The maximum Gasteiger partial charge on any atom is 0.227 e. The van der Waals surface area contributed by atoms with Crippen molar-refractivity contribution in [1.82, 2.24) is 4.90 Å². The van der Waals surface area contributed by atoms with E-state index in [0.29, 0.717) is 0 Å². The number of nitrogens with two attached hydrogens (primary N) is 1. The normalized spacial score (nSPS) is 31.3. The second kappa shape index (κ2) is 4.97. The van der Waals surface area contributed by atoms with Crippen molar-refractivity contribution in [3.05, 3.63) is 0 Å². The Kier molecular flexibility index (Phi) is 4.14. The molecule has 1 aliphatic carbocycles. The minimum absolute atomic E-state index is 0.0335. The standard InChI is InChI=1S/C12H24N2O/c1-4-14(5-2)11(15)10-8-6-7-9-12(10,3)13/h10H,4-9,13H2,1-3H3. The summed E-state index contributed by atoms with van der Waals surface area (Å²) in [5.41, 5.74) is 5.93. The number of hydrogen-bond acceptors (Lipinski definition) is 2. The van der Waals surface area contributed by atoms with Gasteiger partial charge in [0.2, 0.25) is 5.91 Å². The van der Waals surface area contributed by atoms with Gasteiger partial charge in [0.05, 0.1) is 5.92 Å². The zero-order chi connectivity index (χ0) is 11.5. The number of carbonyl (C=O) groups excluding carboxylic acids is 1. The Bertz CT molecular complexity index is 222. The molecule has 0 saturated heterocycles. The van der Waals surface area contributed by atoms with E-state index in [4.69, 9.17) is 5.73 Å². The maximum absolute atomic E-state index is 12.2. The summed E-state index contributed by atoms with van der Waals surface area (Å²) >= 11 is 0. The molecule has 0 aromatic heterocycles. The highest BCUT2D eigenvalue weighted by Crippen LogP contribution is 2.32. The number of hydrogen-bond donors (Lipinski definition) is 1. The van der Waals surface area contributed by atoms with Crippen molar-refractivity contribution in [2.45, 2.75) is 52.0 Å². The van der Waals surface area contributed by atoms with E-state index in [1.54, 1.807) is 0 Å². The van der Waals surface area contributed by atoms with Gasteiger partial charge in [0.15, 0.2) is 0 Å². The van der Waals surface area contributed by atoms with Crippen LogP contribution in [0.15, 0.2) is 0 Å². The van der Waals surface area contributed by atoms with Gasteiger partial charge in [-0.05, 0) is 33.6 Å². The van der Waals surface area contributed by atoms with Gasteiger partial charge in [0.25, 0.3) is 0 Å². The minimum atomic E-state index is -0.294. The predicted molar refractivity (Wildman–Crippen MR) is 62.5 cm³/mol. The van der Waals surface area contributed by atoms with Crippen molar-refractivity contribution in [3.63, 3.8) is 0 Å². The molecule has 0 radical (unpaired) electrons. The summed E-state index contributed by atoms with van der Waals surface area (Å²) in [6.07, 6.45) is 4.24. The lowest BCUT2D eigenvalue weighted by molar-refractivity contribution is -0.138. The van der Waals surface area contributed by atoms with Crippen LogP contribution in [0.25, 0.3) is 0 Å². The maximum atomic E-state index is 12.2. The molecule has 1 aliphatic rings. The fourth-order valence-corrected chi connectivity index (χ4v) is 2.52. The third kappa shape index (κ3) is 2.71. The summed E-state index contributed by atoms with van der Waals surface area (Å²) < 4.78 is 0. The zero-order valence-corrected chi connectivity index (χ0v) is 10.3. The lowest BCUT2D eigenvalue weighted by atomic mass is 9.74. The first-order valence-electron chi connectivity index (χ1n) is 6.10. The Morgan fingerprint density at radius 1 is 1.40 bits per heavy atom. The summed E-state index contributed by atoms with van der Waals surface area (Å²) in [7, 11) is 0. The molecule has 1 amide bonds. The molecule has 15 heavy (non-hydrogen) atoms. The van der Waals surface area contributed by atoms with Crippen molar-refractivity contribution < 1.29 is 4.79 Å². The van der Waals surface area contributed by atoms with E-state index in [9.17, 15) is 4.79 Å². The third-order valence-electron chi connectivity index (χ3n) is 3.63. The van der Waals surface area contributed by atoms with Gasteiger partial charge in [-0.1, -0.05) is 12.8 Å². The average Bonchev–Trinajstić information content (AvgIpc) is 2.18. The summed E-state index contributed by atoms with van der Waals surface area (Å²) in [6.45, 7) is 7.66. The summed E-state index contributed by atoms with van der Waals surface area (Å²) in [4.78, 5) is 14.1. The minimum Gasteiger partial charge on any atom is -0.343 e. The summed E-state index contributed by atoms with van der Waals surface area (Å²) in [6, 6.07) is 0. The summed E-state index contributed by atoms with van der Waals surface area (Å²) in [5.74, 6) is 0.288. The van der Waals surface area contributed by atoms with Crippen LogP contribution in [0.4, 0.5) is 0 Å². The molecule has 0 bridgehead atoms. The molecule has 1 saturated carbocycles. The van der Waals surface area contributed by atoms with E-state index in [1.807, 2.05) is 25.7 Å². The highest BCUT2D eigenvalue weighted by atomic mass is 16.2. The van der Waals surface area contributed by atoms with Crippen molar-refractivity contribution in [1.29, 1.82) is 0 Å². The quantitative estimate of drug-likeness (QED) is 0.775. The Balaban J connectivity index is 2.72. The SMILES string of the molecule is CCN(CC)C(=O)C1CCCCC1(C)N. The van der Waals surface area contributed by atoms with Gasteiger partial charge in [-0.2, -0.15) is 0 Å². The molecule has 1 fully saturated rings. The second-order valence-electron chi connectivity index (χ2n) is 4.81. The van der Waals surface area contributed by atoms with Crippen LogP contribution in [0.2, 0.25) is 0 Å². The lowest BCUT2D eigenvalue weighted by Crippen LogP contribution is -2.53. The molecule has 88 valence electrons. The van der Waals surface area contributed by atoms with E-state index in [2.05, 4.69) is 0 Å². The van der Waals surface area contributed by atoms with Crippen LogP contribution in [0.5, 0.6) is 0 Å². The fraction of sp³-hybridized carbons (Fsp3) is 0.917. The molecule has 0 aliphatic heterocycles. The molecular formula is C12H24N2O. The molecule has 2 unspecified atom stereocenters. The first-order valence-corrected chi connectivity index (χ1v) is 6.10. The molecule has 3 heteroatoms. The van der Waals surface area contributed by atoms with Gasteiger partial charge in [-0.3, -0.25) is 4.79 Å². The largest absolute Gasteiger partial charge is 0.343 e. The predicted octanol–water partition coefficient (Wildman–Crippen LogP) is 1.76. The monoisotopic (exact) mass is 212 g/mol. The van der Waals surface area contributed by atoms with Gasteiger partial charge in [0.1, 0.15) is 0 Å². The topological polar surface area (TPSA) is 46.3 Å². The van der Waals surface area contributed by atoms with Gasteiger partial charge in [-0.25, -0.2) is 0 Å². The van der Waals surface area contributed by atoms with Gasteiger partial charge >= 0.3 is 0 Å². The van der Waals surface area contributed by atoms with Crippen molar-refractivity contribution in [2.24, 2.45) is 11.7 Å². The Morgan fingerprint density at radius 3 is 2.47 bits per heavy atom. The number of amides is 1. The Hall–Kier alpha value is -0.570. The van der Waals surface area contributed by atoms with Gasteiger partial charge in [0, 0.05) is 18.6 Å². The van der Waals surface area contributed by atoms with Crippen LogP contribution in [0, 0.1) is 5.92 Å². The van der Waals surface area contributed by atoms with E-state index in [-0.39, 0.29) is 17.4 Å². The van der Waals surface area contributed by atoms with Crippen LogP contribution < -0.4 is 5.73 Å². The van der Waals surface area contributed by atoms with Crippen LogP contribution in [-0.4, -0.2) is 29.4 Å². The van der Waals surface area contributed by atoms with Gasteiger partial charge < -0.3 is 10.6 Å². The second-order valence-corrected chi connectivity index (χ2v) is 4.81. The first-order chi connectivity index (χ1) is 7.03. The number of nitrogens with zero attached hydrogens (tertiary/aromatic N) is 1. The van der Waals surface area contributed by atoms with Crippen LogP contribution in [-0.2, 0) is 4.79 Å². The van der Waals surface area contributed by atoms with Crippen LogP contribution >= 0.6 is 0 Å². The first kappa shape index (κ1) is 12.5. The molecule has 0 aromatic carbocycles. The fourth-order valence-electron chi connectivity index (χ4n) is 2.52. The molecule has 0 aromatic rings. The van der Waals surface area contributed by atoms with Crippen molar-refractivity contribution >= 4 is 5.91 Å². The van der Waals surface area contributed by atoms with Crippen LogP contribution in [0.1, 0.15) is 46.5 Å². The summed E-state index contributed by atoms with van der Waals surface area (Å²) in [5, 5.41) is 0. The molecule has 2 atom stereocenters. The van der Waals surface area contributed by atoms with Crippen molar-refractivity contribution in [2.75, 3.05) is 13.1 Å². The van der Waals surface area contributed by atoms with E-state index in [1.165, 1.54) is 0 Å². The molecule has 0 heterocycles. The average molecular weight is 212 g/mol. The van der Waals surface area contributed by atoms with E-state index in [0.717, 1.165) is 38.8 Å². The Morgan fingerprint density at radius 2 is 2.00 bits per heavy atom. The van der Waals surface area contributed by atoms with E-state index >= 15 is 0 Å². The lowest BCUT2D eigenvalue weighted by Gasteiger charge is -2.39. The molecular weight excluding hydrogens is 188 g/mol.